The zero-order chi connectivity index (χ0) is 14.9. The smallest absolute Gasteiger partial charge is 0.137 e. The van der Waals surface area contributed by atoms with E-state index in [2.05, 4.69) is 15.9 Å². The van der Waals surface area contributed by atoms with Crippen molar-refractivity contribution in [3.63, 3.8) is 0 Å². The van der Waals surface area contributed by atoms with Gasteiger partial charge in [0.05, 0.1) is 9.85 Å². The molecular weight excluding hydrogens is 376 g/mol. The van der Waals surface area contributed by atoms with Crippen LogP contribution in [-0.4, -0.2) is 0 Å². The fourth-order valence-corrected chi connectivity index (χ4v) is 2.67. The molecule has 0 aliphatic rings. The zero-order valence-corrected chi connectivity index (χ0v) is 13.0. The number of hydrogen-bond donors (Lipinski definition) is 0. The van der Waals surface area contributed by atoms with E-state index in [-0.39, 0.29) is 27.0 Å². The summed E-state index contributed by atoms with van der Waals surface area (Å²) in [4.78, 5) is 0. The van der Waals surface area contributed by atoms with E-state index in [9.17, 15) is 13.2 Å². The first-order valence-electron chi connectivity index (χ1n) is 5.61. The van der Waals surface area contributed by atoms with Crippen LogP contribution in [0.3, 0.4) is 0 Å². The molecule has 2 aromatic carbocycles. The third-order valence-electron chi connectivity index (χ3n) is 2.82. The average molecular weight is 384 g/mol. The molecule has 106 valence electrons. The Labute approximate surface area is 132 Å². The van der Waals surface area contributed by atoms with Gasteiger partial charge in [-0.05, 0) is 46.6 Å². The molecule has 0 saturated heterocycles. The maximum absolute atomic E-state index is 13.8. The van der Waals surface area contributed by atoms with Crippen LogP contribution in [-0.2, 0) is 6.42 Å². The lowest BCUT2D eigenvalue weighted by atomic mass is 10.0. The molecule has 0 aliphatic carbocycles. The molecule has 2 aromatic rings. The van der Waals surface area contributed by atoms with Crippen LogP contribution in [0.4, 0.5) is 13.2 Å². The van der Waals surface area contributed by atoms with Gasteiger partial charge in [0.25, 0.3) is 0 Å². The highest BCUT2D eigenvalue weighted by Crippen LogP contribution is 2.33. The first kappa shape index (κ1) is 15.7. The molecule has 0 spiro atoms. The molecule has 0 nitrogen and oxygen atoms in total. The maximum Gasteiger partial charge on any atom is 0.137 e. The minimum Gasteiger partial charge on any atom is -0.207 e. The van der Waals surface area contributed by atoms with E-state index in [4.69, 9.17) is 23.2 Å². The predicted octanol–water partition coefficient (Wildman–Crippen LogP) is 6.04. The Bertz CT molecular complexity index is 626. The Balaban J connectivity index is 2.33. The van der Waals surface area contributed by atoms with Crippen molar-refractivity contribution in [1.29, 1.82) is 0 Å². The van der Waals surface area contributed by atoms with Gasteiger partial charge in [-0.15, -0.1) is 11.6 Å². The van der Waals surface area contributed by atoms with Crippen molar-refractivity contribution in [2.75, 3.05) is 0 Å². The number of alkyl halides is 1. The van der Waals surface area contributed by atoms with Crippen LogP contribution in [0.5, 0.6) is 0 Å². The zero-order valence-electron chi connectivity index (χ0n) is 9.94. The van der Waals surface area contributed by atoms with E-state index in [0.717, 1.165) is 12.1 Å². The number of hydrogen-bond acceptors (Lipinski definition) is 0. The van der Waals surface area contributed by atoms with Crippen LogP contribution in [0.2, 0.25) is 5.02 Å². The summed E-state index contributed by atoms with van der Waals surface area (Å²) in [6, 6.07) is 6.20. The highest BCUT2D eigenvalue weighted by atomic mass is 79.9. The van der Waals surface area contributed by atoms with Crippen molar-refractivity contribution in [1.82, 2.24) is 0 Å². The molecule has 0 fully saturated rings. The van der Waals surface area contributed by atoms with Gasteiger partial charge in [-0.2, -0.15) is 0 Å². The van der Waals surface area contributed by atoms with E-state index < -0.39 is 22.8 Å². The lowest BCUT2D eigenvalue weighted by Gasteiger charge is -2.13. The van der Waals surface area contributed by atoms with Crippen molar-refractivity contribution < 1.29 is 13.2 Å². The monoisotopic (exact) mass is 382 g/mol. The summed E-state index contributed by atoms with van der Waals surface area (Å²) >= 11 is 14.8. The highest BCUT2D eigenvalue weighted by Gasteiger charge is 2.19. The van der Waals surface area contributed by atoms with Gasteiger partial charge in [0.2, 0.25) is 0 Å². The molecule has 0 heterocycles. The van der Waals surface area contributed by atoms with Crippen LogP contribution >= 0.6 is 39.1 Å². The van der Waals surface area contributed by atoms with Gasteiger partial charge in [0, 0.05) is 16.1 Å². The van der Waals surface area contributed by atoms with Crippen molar-refractivity contribution in [3.05, 3.63) is 68.4 Å². The molecule has 1 atom stereocenters. The fraction of sp³-hybridized carbons (Fsp3) is 0.143. The Hall–Kier alpha value is -0.710. The molecule has 0 amide bonds. The van der Waals surface area contributed by atoms with E-state index in [0.29, 0.717) is 0 Å². The van der Waals surface area contributed by atoms with Crippen LogP contribution < -0.4 is 0 Å². The second-order valence-electron chi connectivity index (χ2n) is 4.16. The third-order valence-corrected chi connectivity index (χ3v) is 4.17. The van der Waals surface area contributed by atoms with E-state index in [1.54, 1.807) is 0 Å². The molecule has 0 saturated carbocycles. The topological polar surface area (TPSA) is 0 Å². The maximum atomic E-state index is 13.8. The summed E-state index contributed by atoms with van der Waals surface area (Å²) in [6.45, 7) is 0. The van der Waals surface area contributed by atoms with Gasteiger partial charge >= 0.3 is 0 Å². The third kappa shape index (κ3) is 3.30. The predicted molar refractivity (Wildman–Crippen MR) is 77.8 cm³/mol. The van der Waals surface area contributed by atoms with Crippen LogP contribution in [0, 0.1) is 17.5 Å². The SMILES string of the molecule is Fc1cc(C(Cl)Cc2c(F)cccc2Cl)c(F)cc1Br. The van der Waals surface area contributed by atoms with Gasteiger partial charge in [0.1, 0.15) is 17.5 Å². The van der Waals surface area contributed by atoms with Crippen LogP contribution in [0.1, 0.15) is 16.5 Å². The minimum absolute atomic E-state index is 0.00606. The van der Waals surface area contributed by atoms with E-state index >= 15 is 0 Å². The molecular formula is C14H8BrCl2F3. The highest BCUT2D eigenvalue weighted by molar-refractivity contribution is 9.10. The summed E-state index contributed by atoms with van der Waals surface area (Å²) in [7, 11) is 0. The van der Waals surface area contributed by atoms with Gasteiger partial charge in [-0.25, -0.2) is 13.2 Å². The first-order valence-corrected chi connectivity index (χ1v) is 7.22. The lowest BCUT2D eigenvalue weighted by Crippen LogP contribution is -2.03. The number of benzene rings is 2. The van der Waals surface area contributed by atoms with Crippen molar-refractivity contribution in [2.24, 2.45) is 0 Å². The van der Waals surface area contributed by atoms with Gasteiger partial charge in [0.15, 0.2) is 0 Å². The van der Waals surface area contributed by atoms with Gasteiger partial charge in [-0.1, -0.05) is 17.7 Å². The fourth-order valence-electron chi connectivity index (χ4n) is 1.79. The minimum atomic E-state index is -0.924. The van der Waals surface area contributed by atoms with Crippen molar-refractivity contribution >= 4 is 39.1 Å². The van der Waals surface area contributed by atoms with Gasteiger partial charge < -0.3 is 0 Å². The van der Waals surface area contributed by atoms with Crippen LogP contribution in [0.15, 0.2) is 34.8 Å². The van der Waals surface area contributed by atoms with E-state index in [1.807, 2.05) is 0 Å². The standard InChI is InChI=1S/C14H8BrCl2F3/c15-9-6-13(19)8(5-14(9)20)11(17)4-7-10(16)2-1-3-12(7)18/h1-3,5-6,11H,4H2. The van der Waals surface area contributed by atoms with Crippen molar-refractivity contribution in [2.45, 2.75) is 11.8 Å². The molecule has 6 heteroatoms. The second kappa shape index (κ2) is 6.37. The van der Waals surface area contributed by atoms with E-state index in [1.165, 1.54) is 18.2 Å². The summed E-state index contributed by atoms with van der Waals surface area (Å²) in [5, 5.41) is -0.722. The normalized spacial score (nSPS) is 12.5. The van der Waals surface area contributed by atoms with Crippen molar-refractivity contribution in [3.8, 4) is 0 Å². The Morgan fingerprint density at radius 2 is 1.75 bits per heavy atom. The molecule has 1 unspecified atom stereocenters. The van der Waals surface area contributed by atoms with Crippen LogP contribution in [0.25, 0.3) is 0 Å². The molecule has 0 bridgehead atoms. The quantitative estimate of drug-likeness (QED) is 0.447. The number of rotatable bonds is 3. The van der Waals surface area contributed by atoms with Gasteiger partial charge in [-0.3, -0.25) is 0 Å². The summed E-state index contributed by atoms with van der Waals surface area (Å²) < 4.78 is 40.9. The lowest BCUT2D eigenvalue weighted by molar-refractivity contribution is 0.572. The molecule has 2 rings (SSSR count). The molecule has 0 aromatic heterocycles. The summed E-state index contributed by atoms with van der Waals surface area (Å²) in [5.74, 6) is -1.82. The molecule has 0 aliphatic heterocycles. The number of halogens is 6. The Kier molecular flexibility index (Phi) is 4.99. The summed E-state index contributed by atoms with van der Waals surface area (Å²) in [6.07, 6.45) is -0.0367. The molecule has 20 heavy (non-hydrogen) atoms. The molecule has 0 N–H and O–H groups in total. The Morgan fingerprint density at radius 3 is 2.40 bits per heavy atom. The largest absolute Gasteiger partial charge is 0.207 e. The molecule has 0 radical (unpaired) electrons. The summed E-state index contributed by atoms with van der Waals surface area (Å²) in [5.41, 5.74) is 0.142. The second-order valence-corrected chi connectivity index (χ2v) is 5.95. The first-order chi connectivity index (χ1) is 9.40. The Morgan fingerprint density at radius 1 is 1.05 bits per heavy atom. The average Bonchev–Trinajstić information content (AvgIpc) is 2.38.